The Kier molecular flexibility index (Phi) is 3.96. The van der Waals surface area contributed by atoms with Crippen molar-refractivity contribution in [3.63, 3.8) is 0 Å². The molecule has 0 bridgehead atoms. The van der Waals surface area contributed by atoms with E-state index in [4.69, 9.17) is 14.4 Å². The molecule has 4 heterocycles. The van der Waals surface area contributed by atoms with Gasteiger partial charge in [-0.15, -0.1) is 0 Å². The molecule has 0 aliphatic carbocycles. The zero-order valence-electron chi connectivity index (χ0n) is 18.5. The molecule has 32 heavy (non-hydrogen) atoms. The largest absolute Gasteiger partial charge is 0.437 e. The van der Waals surface area contributed by atoms with E-state index in [0.717, 1.165) is 67.1 Å². The molecule has 5 heteroatoms. The van der Waals surface area contributed by atoms with Gasteiger partial charge in [0.05, 0.1) is 22.3 Å². The van der Waals surface area contributed by atoms with Gasteiger partial charge in [0, 0.05) is 27.8 Å². The highest BCUT2D eigenvalue weighted by atomic mass is 16.3. The van der Waals surface area contributed by atoms with Gasteiger partial charge in [0.25, 0.3) is 0 Å². The lowest BCUT2D eigenvalue weighted by atomic mass is 10.1. The Morgan fingerprint density at radius 3 is 2.34 bits per heavy atom. The monoisotopic (exact) mass is 418 g/mol. The van der Waals surface area contributed by atoms with Gasteiger partial charge in [-0.25, -0.2) is 9.97 Å². The Hall–Kier alpha value is -3.99. The van der Waals surface area contributed by atoms with Crippen LogP contribution in [0.5, 0.6) is 0 Å². The van der Waals surface area contributed by atoms with E-state index in [2.05, 4.69) is 52.9 Å². The molecule has 6 rings (SSSR count). The van der Waals surface area contributed by atoms with E-state index in [-0.39, 0.29) is 0 Å². The predicted octanol–water partition coefficient (Wildman–Crippen LogP) is 6.62. The first-order chi connectivity index (χ1) is 15.5. The van der Waals surface area contributed by atoms with Crippen molar-refractivity contribution in [3.05, 3.63) is 83.3 Å². The highest BCUT2D eigenvalue weighted by Crippen LogP contribution is 2.38. The highest BCUT2D eigenvalue weighted by Gasteiger charge is 2.22. The second-order valence-electron chi connectivity index (χ2n) is 8.30. The third-order valence-electron chi connectivity index (χ3n) is 6.21. The SMILES string of the molecule is Cc1ccc2c(n1)oc1c(-c3nc4c(C)c(C)nc(C)c4n3-c3ccccc3)cccc12. The third kappa shape index (κ3) is 2.61. The summed E-state index contributed by atoms with van der Waals surface area (Å²) in [4.78, 5) is 14.6. The van der Waals surface area contributed by atoms with Crippen molar-refractivity contribution in [2.45, 2.75) is 27.7 Å². The third-order valence-corrected chi connectivity index (χ3v) is 6.21. The fourth-order valence-corrected chi connectivity index (χ4v) is 4.53. The average Bonchev–Trinajstić information content (AvgIpc) is 3.37. The summed E-state index contributed by atoms with van der Waals surface area (Å²) in [5.74, 6) is 0.839. The van der Waals surface area contributed by atoms with E-state index in [1.54, 1.807) is 0 Å². The molecule has 4 aromatic heterocycles. The topological polar surface area (TPSA) is 56.7 Å². The molecule has 6 aromatic rings. The molecule has 0 saturated carbocycles. The molecular weight excluding hydrogens is 396 g/mol. The van der Waals surface area contributed by atoms with E-state index >= 15 is 0 Å². The zero-order valence-corrected chi connectivity index (χ0v) is 18.5. The summed E-state index contributed by atoms with van der Waals surface area (Å²) in [7, 11) is 0. The van der Waals surface area contributed by atoms with Crippen molar-refractivity contribution in [2.75, 3.05) is 0 Å². The van der Waals surface area contributed by atoms with Crippen LogP contribution in [0.1, 0.15) is 22.6 Å². The van der Waals surface area contributed by atoms with Crippen LogP contribution in [0.25, 0.3) is 50.2 Å². The molecule has 5 nitrogen and oxygen atoms in total. The smallest absolute Gasteiger partial charge is 0.227 e. The van der Waals surface area contributed by atoms with Crippen LogP contribution in [0.3, 0.4) is 0 Å². The Bertz CT molecular complexity index is 1660. The second kappa shape index (κ2) is 6.76. The first-order valence-electron chi connectivity index (χ1n) is 10.7. The van der Waals surface area contributed by atoms with Crippen LogP contribution in [0.4, 0.5) is 0 Å². The minimum absolute atomic E-state index is 0.652. The van der Waals surface area contributed by atoms with Gasteiger partial charge in [-0.1, -0.05) is 30.3 Å². The van der Waals surface area contributed by atoms with Gasteiger partial charge in [-0.05, 0) is 63.6 Å². The van der Waals surface area contributed by atoms with Crippen molar-refractivity contribution in [2.24, 2.45) is 0 Å². The lowest BCUT2D eigenvalue weighted by molar-refractivity contribution is 0.653. The van der Waals surface area contributed by atoms with Gasteiger partial charge in [0.1, 0.15) is 11.4 Å². The van der Waals surface area contributed by atoms with E-state index in [0.29, 0.717) is 5.71 Å². The summed E-state index contributed by atoms with van der Waals surface area (Å²) in [6.45, 7) is 8.15. The maximum atomic E-state index is 6.31. The number of hydrogen-bond acceptors (Lipinski definition) is 4. The van der Waals surface area contributed by atoms with Crippen molar-refractivity contribution >= 4 is 33.1 Å². The summed E-state index contributed by atoms with van der Waals surface area (Å²) < 4.78 is 8.51. The summed E-state index contributed by atoms with van der Waals surface area (Å²) in [6.07, 6.45) is 0. The maximum absolute atomic E-state index is 6.31. The first kappa shape index (κ1) is 18.8. The Balaban J connectivity index is 1.77. The number of pyridine rings is 2. The number of hydrogen-bond donors (Lipinski definition) is 0. The minimum Gasteiger partial charge on any atom is -0.437 e. The number of aromatic nitrogens is 4. The number of rotatable bonds is 2. The van der Waals surface area contributed by atoms with Crippen LogP contribution in [-0.4, -0.2) is 19.5 Å². The minimum atomic E-state index is 0.652. The number of nitrogens with zero attached hydrogens (tertiary/aromatic N) is 4. The number of fused-ring (bicyclic) bond motifs is 4. The molecule has 0 aliphatic rings. The normalized spacial score (nSPS) is 11.8. The van der Waals surface area contributed by atoms with E-state index < -0.39 is 0 Å². The van der Waals surface area contributed by atoms with Gasteiger partial charge in [0.15, 0.2) is 0 Å². The molecule has 0 fully saturated rings. The number of benzene rings is 2. The van der Waals surface area contributed by atoms with Crippen LogP contribution in [0, 0.1) is 27.7 Å². The lowest BCUT2D eigenvalue weighted by Crippen LogP contribution is -2.00. The van der Waals surface area contributed by atoms with Crippen LogP contribution in [0.2, 0.25) is 0 Å². The summed E-state index contributed by atoms with van der Waals surface area (Å²) >= 11 is 0. The van der Waals surface area contributed by atoms with Gasteiger partial charge in [0.2, 0.25) is 5.71 Å². The Labute approximate surface area is 185 Å². The average molecular weight is 419 g/mol. The molecule has 0 spiro atoms. The number of para-hydroxylation sites is 2. The highest BCUT2D eigenvalue weighted by molar-refractivity contribution is 6.08. The molecule has 0 radical (unpaired) electrons. The Morgan fingerprint density at radius 1 is 0.719 bits per heavy atom. The molecule has 0 aliphatic heterocycles. The zero-order chi connectivity index (χ0) is 22.0. The predicted molar refractivity (Wildman–Crippen MR) is 128 cm³/mol. The summed E-state index contributed by atoms with van der Waals surface area (Å²) in [5.41, 5.74) is 9.41. The molecular formula is C27H22N4O. The molecule has 0 unspecified atom stereocenters. The number of furan rings is 1. The van der Waals surface area contributed by atoms with Crippen molar-refractivity contribution in [1.82, 2.24) is 19.5 Å². The fraction of sp³-hybridized carbons (Fsp3) is 0.148. The van der Waals surface area contributed by atoms with Crippen molar-refractivity contribution < 1.29 is 4.42 Å². The van der Waals surface area contributed by atoms with Crippen molar-refractivity contribution in [1.29, 1.82) is 0 Å². The molecule has 156 valence electrons. The maximum Gasteiger partial charge on any atom is 0.227 e. The van der Waals surface area contributed by atoms with Crippen LogP contribution < -0.4 is 0 Å². The van der Waals surface area contributed by atoms with Crippen LogP contribution in [0.15, 0.2) is 65.1 Å². The van der Waals surface area contributed by atoms with Crippen LogP contribution in [-0.2, 0) is 0 Å². The van der Waals surface area contributed by atoms with Gasteiger partial charge in [-0.3, -0.25) is 9.55 Å². The van der Waals surface area contributed by atoms with Crippen LogP contribution >= 0.6 is 0 Å². The first-order valence-corrected chi connectivity index (χ1v) is 10.7. The standard InChI is InChI=1S/C27H22N4O/c1-15-13-14-21-20-11-8-12-22(25(20)32-27(21)28-15)26-30-23-16(2)17(3)29-18(4)24(23)31(26)19-9-6-5-7-10-19/h5-14H,1-4H3. The summed E-state index contributed by atoms with van der Waals surface area (Å²) in [5, 5.41) is 2.05. The quantitative estimate of drug-likeness (QED) is 0.317. The fourth-order valence-electron chi connectivity index (χ4n) is 4.53. The van der Waals surface area contributed by atoms with Crippen molar-refractivity contribution in [3.8, 4) is 17.1 Å². The van der Waals surface area contributed by atoms with Gasteiger partial charge in [-0.2, -0.15) is 0 Å². The lowest BCUT2D eigenvalue weighted by Gasteiger charge is -2.11. The molecule has 0 saturated heterocycles. The second-order valence-corrected chi connectivity index (χ2v) is 8.30. The van der Waals surface area contributed by atoms with E-state index in [1.165, 1.54) is 0 Å². The van der Waals surface area contributed by atoms with E-state index in [9.17, 15) is 0 Å². The number of aryl methyl sites for hydroxylation is 4. The Morgan fingerprint density at radius 2 is 1.53 bits per heavy atom. The molecule has 0 N–H and O–H groups in total. The molecule has 0 atom stereocenters. The summed E-state index contributed by atoms with van der Waals surface area (Å²) in [6, 6.07) is 20.6. The number of imidazole rings is 1. The van der Waals surface area contributed by atoms with Gasteiger partial charge < -0.3 is 4.42 Å². The van der Waals surface area contributed by atoms with Gasteiger partial charge >= 0.3 is 0 Å². The molecule has 0 amide bonds. The van der Waals surface area contributed by atoms with E-state index in [1.807, 2.05) is 45.0 Å². The molecule has 2 aromatic carbocycles.